The van der Waals surface area contributed by atoms with Crippen LogP contribution in [0.15, 0.2) is 36.0 Å². The number of carbonyl (C=O) groups is 1. The lowest BCUT2D eigenvalue weighted by molar-refractivity contribution is -0.119. The molecule has 2 unspecified atom stereocenters. The van der Waals surface area contributed by atoms with Gasteiger partial charge in [0.1, 0.15) is 6.61 Å². The predicted molar refractivity (Wildman–Crippen MR) is 127 cm³/mol. The largest absolute Gasteiger partial charge is 0.490 e. The van der Waals surface area contributed by atoms with Crippen molar-refractivity contribution in [3.05, 3.63) is 42.2 Å². The third-order valence-electron chi connectivity index (χ3n) is 5.65. The number of hydrogen-bond donors (Lipinski definition) is 1. The molecule has 0 spiro atoms. The molecule has 1 aromatic carbocycles. The van der Waals surface area contributed by atoms with Crippen LogP contribution in [0.25, 0.3) is 0 Å². The zero-order valence-electron chi connectivity index (χ0n) is 19.3. The standard InChI is InChI=1S/C24H34N4O3S/c1-5-13-28-22(15-31-20-12-11-17(3)14-21(20)30-6-2)26-27-24(28)32-16-23(29)25-19-10-8-7-9-18(19)4/h5,11-12,14,18-19H,1,6-10,13,15-16H2,2-4H3,(H,25,29). The summed E-state index contributed by atoms with van der Waals surface area (Å²) in [4.78, 5) is 12.5. The van der Waals surface area contributed by atoms with E-state index < -0.39 is 0 Å². The summed E-state index contributed by atoms with van der Waals surface area (Å²) in [6, 6.07) is 6.13. The molecule has 1 heterocycles. The molecule has 32 heavy (non-hydrogen) atoms. The van der Waals surface area contributed by atoms with E-state index in [0.717, 1.165) is 12.0 Å². The van der Waals surface area contributed by atoms with Gasteiger partial charge in [-0.2, -0.15) is 0 Å². The van der Waals surface area contributed by atoms with Crippen LogP contribution in [0.3, 0.4) is 0 Å². The summed E-state index contributed by atoms with van der Waals surface area (Å²) in [7, 11) is 0. The van der Waals surface area contributed by atoms with Crippen LogP contribution in [-0.4, -0.2) is 39.1 Å². The number of thioether (sulfide) groups is 1. The van der Waals surface area contributed by atoms with Crippen LogP contribution in [0.2, 0.25) is 0 Å². The monoisotopic (exact) mass is 458 g/mol. The molecular weight excluding hydrogens is 424 g/mol. The van der Waals surface area contributed by atoms with Crippen molar-refractivity contribution in [1.29, 1.82) is 0 Å². The molecule has 2 aromatic rings. The Bertz CT molecular complexity index is 915. The van der Waals surface area contributed by atoms with E-state index in [1.165, 1.54) is 31.0 Å². The van der Waals surface area contributed by atoms with E-state index in [2.05, 4.69) is 29.0 Å². The fourth-order valence-corrected chi connectivity index (χ4v) is 4.68. The quantitative estimate of drug-likeness (QED) is 0.394. The number of hydrogen-bond acceptors (Lipinski definition) is 6. The highest BCUT2D eigenvalue weighted by atomic mass is 32.2. The van der Waals surface area contributed by atoms with Crippen molar-refractivity contribution in [2.45, 2.75) is 70.8 Å². The zero-order valence-corrected chi connectivity index (χ0v) is 20.1. The Morgan fingerprint density at radius 1 is 1.28 bits per heavy atom. The first-order valence-corrected chi connectivity index (χ1v) is 12.3. The highest BCUT2D eigenvalue weighted by Gasteiger charge is 2.23. The van der Waals surface area contributed by atoms with Gasteiger partial charge in [-0.3, -0.25) is 9.36 Å². The summed E-state index contributed by atoms with van der Waals surface area (Å²) in [5.74, 6) is 2.95. The van der Waals surface area contributed by atoms with E-state index in [-0.39, 0.29) is 18.6 Å². The minimum absolute atomic E-state index is 0.0423. The highest BCUT2D eigenvalue weighted by Crippen LogP contribution is 2.29. The van der Waals surface area contributed by atoms with Crippen LogP contribution >= 0.6 is 11.8 Å². The Morgan fingerprint density at radius 2 is 2.09 bits per heavy atom. The smallest absolute Gasteiger partial charge is 0.230 e. The number of amides is 1. The van der Waals surface area contributed by atoms with Crippen molar-refractivity contribution in [2.75, 3.05) is 12.4 Å². The first-order chi connectivity index (χ1) is 15.5. The number of nitrogens with zero attached hydrogens (tertiary/aromatic N) is 3. The lowest BCUT2D eigenvalue weighted by atomic mass is 9.86. The molecule has 1 amide bonds. The summed E-state index contributed by atoms with van der Waals surface area (Å²) < 4.78 is 13.6. The lowest BCUT2D eigenvalue weighted by Crippen LogP contribution is -2.41. The third kappa shape index (κ3) is 6.51. The number of nitrogens with one attached hydrogen (secondary N) is 1. The van der Waals surface area contributed by atoms with E-state index in [9.17, 15) is 4.79 Å². The molecule has 7 nitrogen and oxygen atoms in total. The summed E-state index contributed by atoms with van der Waals surface area (Å²) in [6.45, 7) is 11.4. The second-order valence-corrected chi connectivity index (χ2v) is 9.14. The number of aryl methyl sites for hydroxylation is 1. The Morgan fingerprint density at radius 3 is 2.84 bits per heavy atom. The first kappa shape index (κ1) is 24.2. The molecule has 174 valence electrons. The van der Waals surface area contributed by atoms with Gasteiger partial charge >= 0.3 is 0 Å². The molecule has 1 aliphatic carbocycles. The van der Waals surface area contributed by atoms with Crippen molar-refractivity contribution in [3.63, 3.8) is 0 Å². The molecule has 0 aliphatic heterocycles. The van der Waals surface area contributed by atoms with E-state index in [1.54, 1.807) is 6.08 Å². The van der Waals surface area contributed by atoms with E-state index in [4.69, 9.17) is 9.47 Å². The Labute approximate surface area is 195 Å². The van der Waals surface area contributed by atoms with Crippen LogP contribution in [-0.2, 0) is 17.9 Å². The molecule has 8 heteroatoms. The average molecular weight is 459 g/mol. The maximum absolute atomic E-state index is 12.5. The van der Waals surface area contributed by atoms with Crippen molar-refractivity contribution in [3.8, 4) is 11.5 Å². The minimum Gasteiger partial charge on any atom is -0.490 e. The maximum Gasteiger partial charge on any atom is 0.230 e. The van der Waals surface area contributed by atoms with Gasteiger partial charge in [0.25, 0.3) is 0 Å². The Kier molecular flexibility index (Phi) is 9.02. The van der Waals surface area contributed by atoms with Gasteiger partial charge < -0.3 is 14.8 Å². The average Bonchev–Trinajstić information content (AvgIpc) is 3.15. The number of carbonyl (C=O) groups excluding carboxylic acids is 1. The molecule has 1 aliphatic rings. The molecule has 0 radical (unpaired) electrons. The third-order valence-corrected chi connectivity index (χ3v) is 6.62. The molecule has 1 saturated carbocycles. The van der Waals surface area contributed by atoms with Crippen LogP contribution in [0.4, 0.5) is 0 Å². The zero-order chi connectivity index (χ0) is 22.9. The summed E-state index contributed by atoms with van der Waals surface area (Å²) in [5, 5.41) is 12.5. The van der Waals surface area contributed by atoms with E-state index >= 15 is 0 Å². The second kappa shape index (κ2) is 11.9. The van der Waals surface area contributed by atoms with Gasteiger partial charge in [-0.25, -0.2) is 0 Å². The molecule has 0 saturated heterocycles. The van der Waals surface area contributed by atoms with E-state index in [1.807, 2.05) is 36.6 Å². The number of benzene rings is 1. The molecule has 2 atom stereocenters. The Hall–Kier alpha value is -2.48. The normalized spacial score (nSPS) is 18.2. The van der Waals surface area contributed by atoms with Gasteiger partial charge in [0, 0.05) is 12.6 Å². The number of allylic oxidation sites excluding steroid dienone is 1. The molecule has 1 aromatic heterocycles. The van der Waals surface area contributed by atoms with Crippen LogP contribution in [0, 0.1) is 12.8 Å². The fourth-order valence-electron chi connectivity index (χ4n) is 3.90. The second-order valence-electron chi connectivity index (χ2n) is 8.19. The molecule has 3 rings (SSSR count). The van der Waals surface area contributed by atoms with E-state index in [0.29, 0.717) is 47.3 Å². The highest BCUT2D eigenvalue weighted by molar-refractivity contribution is 7.99. The van der Waals surface area contributed by atoms with Gasteiger partial charge in [0.2, 0.25) is 5.91 Å². The number of rotatable bonds is 11. The Balaban J connectivity index is 1.61. The van der Waals surface area contributed by atoms with Gasteiger partial charge in [-0.05, 0) is 50.3 Å². The summed E-state index contributed by atoms with van der Waals surface area (Å²) >= 11 is 1.39. The van der Waals surface area contributed by atoms with Crippen LogP contribution < -0.4 is 14.8 Å². The lowest BCUT2D eigenvalue weighted by Gasteiger charge is -2.29. The van der Waals surface area contributed by atoms with Crippen molar-refractivity contribution in [2.24, 2.45) is 5.92 Å². The fraction of sp³-hybridized carbons (Fsp3) is 0.542. The molecule has 1 N–H and O–H groups in total. The maximum atomic E-state index is 12.5. The van der Waals surface area contributed by atoms with Gasteiger partial charge in [-0.1, -0.05) is 43.7 Å². The van der Waals surface area contributed by atoms with Gasteiger partial charge in [0.15, 0.2) is 22.5 Å². The summed E-state index contributed by atoms with van der Waals surface area (Å²) in [6.07, 6.45) is 6.48. The molecule has 0 bridgehead atoms. The number of aromatic nitrogens is 3. The first-order valence-electron chi connectivity index (χ1n) is 11.3. The van der Waals surface area contributed by atoms with Crippen LogP contribution in [0.1, 0.15) is 50.9 Å². The van der Waals surface area contributed by atoms with Gasteiger partial charge in [0.05, 0.1) is 12.4 Å². The van der Waals surface area contributed by atoms with Gasteiger partial charge in [-0.15, -0.1) is 16.8 Å². The summed E-state index contributed by atoms with van der Waals surface area (Å²) in [5.41, 5.74) is 1.11. The predicted octanol–water partition coefficient (Wildman–Crippen LogP) is 4.54. The molecule has 1 fully saturated rings. The van der Waals surface area contributed by atoms with Crippen molar-refractivity contribution in [1.82, 2.24) is 20.1 Å². The van der Waals surface area contributed by atoms with Crippen molar-refractivity contribution >= 4 is 17.7 Å². The van der Waals surface area contributed by atoms with Crippen LogP contribution in [0.5, 0.6) is 11.5 Å². The number of ether oxygens (including phenoxy) is 2. The minimum atomic E-state index is 0.0423. The topological polar surface area (TPSA) is 78.3 Å². The SMILES string of the molecule is C=CCn1c(COc2ccc(C)cc2OCC)nnc1SCC(=O)NC1CCCCC1C. The molecular formula is C24H34N4O3S. The van der Waals surface area contributed by atoms with Crippen molar-refractivity contribution < 1.29 is 14.3 Å².